The lowest BCUT2D eigenvalue weighted by molar-refractivity contribution is -0.141. The minimum absolute atomic E-state index is 0.123. The van der Waals surface area contributed by atoms with E-state index in [9.17, 15) is 0 Å². The molecule has 116 valence electrons. The van der Waals surface area contributed by atoms with Gasteiger partial charge in [-0.15, -0.1) is 0 Å². The first-order valence-electron chi connectivity index (χ1n) is 8.66. The molecule has 2 aliphatic heterocycles. The van der Waals surface area contributed by atoms with E-state index in [1.165, 1.54) is 32.1 Å². The van der Waals surface area contributed by atoms with Crippen molar-refractivity contribution < 1.29 is 9.47 Å². The van der Waals surface area contributed by atoms with Crippen molar-refractivity contribution in [3.63, 3.8) is 0 Å². The molecule has 0 bridgehead atoms. The zero-order chi connectivity index (χ0) is 14.0. The SMILES string of the molecule is CC1CCCC(NC2CCOC3(CCOCC3)C2)C1C. The second-order valence-electron chi connectivity index (χ2n) is 7.37. The average molecular weight is 281 g/mol. The normalized spacial score (nSPS) is 41.7. The second-order valence-corrected chi connectivity index (χ2v) is 7.37. The van der Waals surface area contributed by atoms with Gasteiger partial charge in [-0.3, -0.25) is 0 Å². The van der Waals surface area contributed by atoms with Gasteiger partial charge in [-0.25, -0.2) is 0 Å². The molecule has 3 heteroatoms. The highest BCUT2D eigenvalue weighted by Gasteiger charge is 2.40. The molecule has 1 saturated carbocycles. The first kappa shape index (κ1) is 14.8. The van der Waals surface area contributed by atoms with Crippen LogP contribution < -0.4 is 5.32 Å². The van der Waals surface area contributed by atoms with Gasteiger partial charge in [0.05, 0.1) is 5.60 Å². The lowest BCUT2D eigenvalue weighted by atomic mass is 9.77. The lowest BCUT2D eigenvalue weighted by Gasteiger charge is -2.45. The smallest absolute Gasteiger partial charge is 0.0741 e. The molecule has 0 amide bonds. The highest BCUT2D eigenvalue weighted by molar-refractivity contribution is 4.94. The van der Waals surface area contributed by atoms with E-state index in [0.29, 0.717) is 6.04 Å². The Hall–Kier alpha value is -0.120. The molecule has 0 aromatic carbocycles. The van der Waals surface area contributed by atoms with E-state index in [4.69, 9.17) is 9.47 Å². The van der Waals surface area contributed by atoms with Crippen LogP contribution in [0.15, 0.2) is 0 Å². The summed E-state index contributed by atoms with van der Waals surface area (Å²) in [4.78, 5) is 0. The topological polar surface area (TPSA) is 30.5 Å². The van der Waals surface area contributed by atoms with Crippen LogP contribution in [-0.4, -0.2) is 37.5 Å². The quantitative estimate of drug-likeness (QED) is 0.843. The van der Waals surface area contributed by atoms with Gasteiger partial charge in [-0.2, -0.15) is 0 Å². The summed E-state index contributed by atoms with van der Waals surface area (Å²) in [6, 6.07) is 1.37. The van der Waals surface area contributed by atoms with E-state index < -0.39 is 0 Å². The fraction of sp³-hybridized carbons (Fsp3) is 1.00. The van der Waals surface area contributed by atoms with Crippen molar-refractivity contribution in [1.29, 1.82) is 0 Å². The van der Waals surface area contributed by atoms with E-state index in [1.54, 1.807) is 0 Å². The minimum Gasteiger partial charge on any atom is -0.381 e. The van der Waals surface area contributed by atoms with Crippen LogP contribution in [0.2, 0.25) is 0 Å². The summed E-state index contributed by atoms with van der Waals surface area (Å²) in [5.74, 6) is 1.69. The molecule has 3 rings (SSSR count). The summed E-state index contributed by atoms with van der Waals surface area (Å²) >= 11 is 0. The zero-order valence-corrected chi connectivity index (χ0v) is 13.2. The number of hydrogen-bond donors (Lipinski definition) is 1. The predicted molar refractivity (Wildman–Crippen MR) is 80.9 cm³/mol. The summed E-state index contributed by atoms with van der Waals surface area (Å²) in [6.07, 6.45) is 8.70. The van der Waals surface area contributed by atoms with Crippen molar-refractivity contribution in [2.45, 2.75) is 76.5 Å². The van der Waals surface area contributed by atoms with E-state index in [-0.39, 0.29) is 5.60 Å². The molecule has 1 aliphatic carbocycles. The van der Waals surface area contributed by atoms with Gasteiger partial charge in [-0.1, -0.05) is 26.7 Å². The Morgan fingerprint density at radius 2 is 1.80 bits per heavy atom. The number of nitrogens with one attached hydrogen (secondary N) is 1. The number of ether oxygens (including phenoxy) is 2. The monoisotopic (exact) mass is 281 g/mol. The van der Waals surface area contributed by atoms with E-state index >= 15 is 0 Å². The summed E-state index contributed by atoms with van der Waals surface area (Å²) in [7, 11) is 0. The molecule has 1 N–H and O–H groups in total. The predicted octanol–water partition coefficient (Wildman–Crippen LogP) is 3.13. The molecule has 0 aromatic heterocycles. The van der Waals surface area contributed by atoms with Crippen molar-refractivity contribution in [3.05, 3.63) is 0 Å². The summed E-state index contributed by atoms with van der Waals surface area (Å²) in [5, 5.41) is 3.99. The molecule has 4 unspecified atom stereocenters. The third kappa shape index (κ3) is 3.20. The van der Waals surface area contributed by atoms with Crippen LogP contribution in [0.4, 0.5) is 0 Å². The van der Waals surface area contributed by atoms with Crippen LogP contribution in [-0.2, 0) is 9.47 Å². The van der Waals surface area contributed by atoms with Gasteiger partial charge in [0.25, 0.3) is 0 Å². The molecule has 3 aliphatic rings. The van der Waals surface area contributed by atoms with Gasteiger partial charge >= 0.3 is 0 Å². The Kier molecular flexibility index (Phi) is 4.68. The van der Waals surface area contributed by atoms with Crippen LogP contribution in [0, 0.1) is 11.8 Å². The second kappa shape index (κ2) is 6.33. The fourth-order valence-corrected chi connectivity index (χ4v) is 4.38. The van der Waals surface area contributed by atoms with Crippen LogP contribution in [0.5, 0.6) is 0 Å². The first-order valence-corrected chi connectivity index (χ1v) is 8.66. The highest BCUT2D eigenvalue weighted by atomic mass is 16.5. The lowest BCUT2D eigenvalue weighted by Crippen LogP contribution is -2.53. The van der Waals surface area contributed by atoms with Crippen molar-refractivity contribution in [1.82, 2.24) is 5.32 Å². The van der Waals surface area contributed by atoms with Crippen molar-refractivity contribution in [2.24, 2.45) is 11.8 Å². The van der Waals surface area contributed by atoms with Gasteiger partial charge in [0.15, 0.2) is 0 Å². The van der Waals surface area contributed by atoms with Crippen molar-refractivity contribution in [3.8, 4) is 0 Å². The van der Waals surface area contributed by atoms with Gasteiger partial charge in [0.1, 0.15) is 0 Å². The van der Waals surface area contributed by atoms with E-state index in [2.05, 4.69) is 19.2 Å². The van der Waals surface area contributed by atoms with Crippen molar-refractivity contribution >= 4 is 0 Å². The first-order chi connectivity index (χ1) is 9.69. The van der Waals surface area contributed by atoms with E-state index in [1.807, 2.05) is 0 Å². The van der Waals surface area contributed by atoms with Gasteiger partial charge in [0.2, 0.25) is 0 Å². The van der Waals surface area contributed by atoms with Crippen LogP contribution in [0.25, 0.3) is 0 Å². The van der Waals surface area contributed by atoms with Gasteiger partial charge < -0.3 is 14.8 Å². The Balaban J connectivity index is 1.57. The Labute approximate surface area is 123 Å². The molecule has 1 spiro atoms. The minimum atomic E-state index is 0.123. The van der Waals surface area contributed by atoms with Crippen LogP contribution >= 0.6 is 0 Å². The number of rotatable bonds is 2. The largest absolute Gasteiger partial charge is 0.381 e. The third-order valence-corrected chi connectivity index (χ3v) is 6.05. The fourth-order valence-electron chi connectivity index (χ4n) is 4.38. The molecule has 20 heavy (non-hydrogen) atoms. The van der Waals surface area contributed by atoms with Gasteiger partial charge in [-0.05, 0) is 43.9 Å². The zero-order valence-electron chi connectivity index (χ0n) is 13.2. The Morgan fingerprint density at radius 3 is 2.60 bits per heavy atom. The summed E-state index contributed by atoms with van der Waals surface area (Å²) in [5.41, 5.74) is 0.123. The van der Waals surface area contributed by atoms with Crippen LogP contribution in [0.3, 0.4) is 0 Å². The average Bonchev–Trinajstić information content (AvgIpc) is 2.45. The van der Waals surface area contributed by atoms with Crippen molar-refractivity contribution in [2.75, 3.05) is 19.8 Å². The maximum atomic E-state index is 6.15. The molecule has 0 radical (unpaired) electrons. The molecule has 0 aromatic rings. The highest BCUT2D eigenvalue weighted by Crippen LogP contribution is 2.36. The number of hydrogen-bond acceptors (Lipinski definition) is 3. The molecule has 4 atom stereocenters. The standard InChI is InChI=1S/C17H31NO2/c1-13-4-3-5-16(14(13)2)18-15-6-9-20-17(12-15)7-10-19-11-8-17/h13-16,18H,3-12H2,1-2H3. The van der Waals surface area contributed by atoms with Crippen LogP contribution in [0.1, 0.15) is 58.8 Å². The maximum Gasteiger partial charge on any atom is 0.0741 e. The maximum absolute atomic E-state index is 6.15. The third-order valence-electron chi connectivity index (χ3n) is 6.05. The van der Waals surface area contributed by atoms with Gasteiger partial charge in [0, 0.05) is 31.9 Å². The molecule has 2 heterocycles. The molecule has 3 fully saturated rings. The molecule has 3 nitrogen and oxygen atoms in total. The molecule has 2 saturated heterocycles. The molecular formula is C17H31NO2. The summed E-state index contributed by atoms with van der Waals surface area (Å²) < 4.78 is 11.7. The summed E-state index contributed by atoms with van der Waals surface area (Å²) in [6.45, 7) is 7.54. The Morgan fingerprint density at radius 1 is 1.00 bits per heavy atom. The van der Waals surface area contributed by atoms with E-state index in [0.717, 1.165) is 50.5 Å². The molecular weight excluding hydrogens is 250 g/mol. The Bertz CT molecular complexity index is 309.